The molecular formula is C26H27N5O3. The number of ether oxygens (including phenoxy) is 2. The minimum atomic E-state index is -0.230. The summed E-state index contributed by atoms with van der Waals surface area (Å²) in [5, 5.41) is 16.4. The van der Waals surface area contributed by atoms with Crippen molar-refractivity contribution in [3.63, 3.8) is 0 Å². The maximum absolute atomic E-state index is 12.5. The lowest BCUT2D eigenvalue weighted by atomic mass is 10.0. The van der Waals surface area contributed by atoms with E-state index in [2.05, 4.69) is 9.97 Å². The number of nitrogens with zero attached hydrogens (tertiary/aromatic N) is 3. The molecule has 0 bridgehead atoms. The summed E-state index contributed by atoms with van der Waals surface area (Å²) in [4.78, 5) is 23.2. The largest absolute Gasteiger partial charge is 0.484 e. The molecule has 0 unspecified atom stereocenters. The van der Waals surface area contributed by atoms with Crippen LogP contribution in [0, 0.1) is 17.7 Å². The number of hydrogen-bond acceptors (Lipinski definition) is 7. The van der Waals surface area contributed by atoms with Crippen molar-refractivity contribution in [1.29, 1.82) is 10.8 Å². The van der Waals surface area contributed by atoms with Gasteiger partial charge >= 0.3 is 0 Å². The average Bonchev–Trinajstić information content (AvgIpc) is 2.88. The number of hydrogen-bond donors (Lipinski definition) is 2. The summed E-state index contributed by atoms with van der Waals surface area (Å²) in [7, 11) is 0. The smallest absolute Gasteiger partial charge is 0.260 e. The highest BCUT2D eigenvalue weighted by Crippen LogP contribution is 2.22. The molecule has 2 N–H and O–H groups in total. The lowest BCUT2D eigenvalue weighted by Crippen LogP contribution is -2.38. The third-order valence-corrected chi connectivity index (χ3v) is 5.41. The molecule has 2 heterocycles. The van der Waals surface area contributed by atoms with Gasteiger partial charge in [-0.3, -0.25) is 20.6 Å². The molecule has 0 fully saturated rings. The van der Waals surface area contributed by atoms with Gasteiger partial charge in [0.2, 0.25) is 11.8 Å². The van der Waals surface area contributed by atoms with E-state index in [1.165, 1.54) is 0 Å². The Kier molecular flexibility index (Phi) is 7.07. The molecule has 34 heavy (non-hydrogen) atoms. The van der Waals surface area contributed by atoms with E-state index >= 15 is 0 Å². The number of para-hydroxylation sites is 1. The molecule has 8 heteroatoms. The highest BCUT2D eigenvalue weighted by Gasteiger charge is 2.21. The van der Waals surface area contributed by atoms with Gasteiger partial charge in [0.1, 0.15) is 11.4 Å². The van der Waals surface area contributed by atoms with E-state index < -0.39 is 0 Å². The summed E-state index contributed by atoms with van der Waals surface area (Å²) in [6.45, 7) is 2.73. The van der Waals surface area contributed by atoms with Crippen LogP contribution in [0.4, 0.5) is 0 Å². The van der Waals surface area contributed by atoms with Gasteiger partial charge in [0.15, 0.2) is 6.61 Å². The Bertz CT molecular complexity index is 1230. The van der Waals surface area contributed by atoms with Gasteiger partial charge in [0.05, 0.1) is 17.6 Å². The first-order valence-corrected chi connectivity index (χ1v) is 10.9. The molecule has 1 aromatic heterocycles. The van der Waals surface area contributed by atoms with Crippen molar-refractivity contribution in [2.24, 2.45) is 0 Å². The van der Waals surface area contributed by atoms with Gasteiger partial charge in [-0.05, 0) is 43.2 Å². The summed E-state index contributed by atoms with van der Waals surface area (Å²) >= 11 is 0. The second-order valence-corrected chi connectivity index (χ2v) is 7.74. The Morgan fingerprint density at radius 1 is 1.06 bits per heavy atom. The van der Waals surface area contributed by atoms with Crippen molar-refractivity contribution in [3.8, 4) is 5.75 Å². The Balaban J connectivity index is 0.00000342. The minimum Gasteiger partial charge on any atom is -0.484 e. The zero-order valence-corrected chi connectivity index (χ0v) is 18.8. The summed E-state index contributed by atoms with van der Waals surface area (Å²) < 4.78 is 11.0. The van der Waals surface area contributed by atoms with E-state index in [4.69, 9.17) is 20.3 Å². The van der Waals surface area contributed by atoms with Crippen molar-refractivity contribution in [3.05, 3.63) is 95.6 Å². The summed E-state index contributed by atoms with van der Waals surface area (Å²) in [5.74, 6) is 0.230. The number of carbonyl (C=O) groups excluding carboxylic acids is 1. The van der Waals surface area contributed by atoms with E-state index in [0.717, 1.165) is 5.57 Å². The molecule has 4 rings (SSSR count). The monoisotopic (exact) mass is 457 g/mol. The summed E-state index contributed by atoms with van der Waals surface area (Å²) in [5.41, 5.74) is 2.99. The van der Waals surface area contributed by atoms with Gasteiger partial charge in [-0.15, -0.1) is 0 Å². The third-order valence-electron chi connectivity index (χ3n) is 5.41. The molecular weight excluding hydrogens is 430 g/mol. The van der Waals surface area contributed by atoms with Crippen LogP contribution in [0.1, 0.15) is 30.5 Å². The molecule has 0 atom stereocenters. The number of rotatable bonds is 6. The van der Waals surface area contributed by atoms with Crippen LogP contribution in [-0.2, 0) is 9.53 Å². The number of carbonyl (C=O) groups is 1. The Labute approximate surface area is 199 Å². The molecule has 1 amide bonds. The lowest BCUT2D eigenvalue weighted by molar-refractivity contribution is -0.132. The van der Waals surface area contributed by atoms with E-state index in [0.29, 0.717) is 42.2 Å². The van der Waals surface area contributed by atoms with Gasteiger partial charge in [-0.25, -0.2) is 4.98 Å². The molecule has 0 radical (unpaired) electrons. The molecule has 0 spiro atoms. The number of benzene rings is 2. The fourth-order valence-corrected chi connectivity index (χ4v) is 3.50. The van der Waals surface area contributed by atoms with E-state index in [9.17, 15) is 4.79 Å². The first-order valence-electron chi connectivity index (χ1n) is 10.9. The number of nitrogens with one attached hydrogen (secondary N) is 2. The highest BCUT2D eigenvalue weighted by atomic mass is 16.5. The molecule has 1 aliphatic rings. The van der Waals surface area contributed by atoms with E-state index in [1.54, 1.807) is 42.3 Å². The lowest BCUT2D eigenvalue weighted by Gasteiger charge is -2.26. The maximum Gasteiger partial charge on any atom is 0.260 e. The number of aryl methyl sites for hydroxylation is 1. The Morgan fingerprint density at radius 2 is 1.76 bits per heavy atom. The van der Waals surface area contributed by atoms with Gasteiger partial charge < -0.3 is 14.4 Å². The van der Waals surface area contributed by atoms with Crippen molar-refractivity contribution in [2.45, 2.75) is 13.3 Å². The standard InChI is InChI=1S/C26H25N5O3.H2/c1-18-24(26(28)34-25(27)20-8-4-2-5-9-20)30-22(16-29-18)19-12-14-31(15-13-19)23(32)17-33-21-10-6-3-7-11-21;/h2-12,16,27-28H,13-15,17H2,1H3;1H. The van der Waals surface area contributed by atoms with Crippen LogP contribution in [0.2, 0.25) is 0 Å². The van der Waals surface area contributed by atoms with Crippen molar-refractivity contribution >= 4 is 23.3 Å². The second kappa shape index (κ2) is 10.5. The van der Waals surface area contributed by atoms with E-state index in [-0.39, 0.29) is 31.4 Å². The quantitative estimate of drug-likeness (QED) is 0.428. The normalized spacial score (nSPS) is 13.1. The van der Waals surface area contributed by atoms with E-state index in [1.807, 2.05) is 42.5 Å². The van der Waals surface area contributed by atoms with Crippen molar-refractivity contribution in [1.82, 2.24) is 14.9 Å². The number of aromatic nitrogens is 2. The first-order chi connectivity index (χ1) is 16.5. The van der Waals surface area contributed by atoms with Gasteiger partial charge in [-0.1, -0.05) is 42.5 Å². The van der Waals surface area contributed by atoms with Crippen LogP contribution in [0.15, 0.2) is 72.9 Å². The zero-order valence-electron chi connectivity index (χ0n) is 18.8. The molecule has 0 saturated carbocycles. The molecule has 2 aromatic carbocycles. The topological polar surface area (TPSA) is 112 Å². The summed E-state index contributed by atoms with van der Waals surface area (Å²) in [6.07, 6.45) is 4.22. The predicted octanol–water partition coefficient (Wildman–Crippen LogP) is 4.09. The third kappa shape index (κ3) is 5.53. The highest BCUT2D eigenvalue weighted by molar-refractivity contribution is 6.04. The second-order valence-electron chi connectivity index (χ2n) is 7.74. The Morgan fingerprint density at radius 3 is 2.44 bits per heavy atom. The van der Waals surface area contributed by atoms with Crippen LogP contribution in [0.25, 0.3) is 5.57 Å². The molecule has 0 aliphatic carbocycles. The van der Waals surface area contributed by atoms with Gasteiger partial charge in [-0.2, -0.15) is 0 Å². The van der Waals surface area contributed by atoms with Crippen LogP contribution < -0.4 is 4.74 Å². The Hall–Kier alpha value is -4.33. The SMILES string of the molecule is Cc1ncc(C2=CCN(C(=O)COc3ccccc3)CC2)nc1C(=N)OC(=N)c1ccccc1.[HH]. The average molecular weight is 458 g/mol. The van der Waals surface area contributed by atoms with Crippen molar-refractivity contribution < 1.29 is 15.7 Å². The van der Waals surface area contributed by atoms with Crippen LogP contribution in [0.3, 0.4) is 0 Å². The number of amides is 1. The van der Waals surface area contributed by atoms with Gasteiger partial charge in [0.25, 0.3) is 5.91 Å². The maximum atomic E-state index is 12.5. The minimum absolute atomic E-state index is 0. The molecule has 1 aliphatic heterocycles. The van der Waals surface area contributed by atoms with Crippen molar-refractivity contribution in [2.75, 3.05) is 19.7 Å². The molecule has 8 nitrogen and oxygen atoms in total. The first kappa shape index (κ1) is 22.8. The predicted molar refractivity (Wildman–Crippen MR) is 131 cm³/mol. The molecule has 0 saturated heterocycles. The fraction of sp³-hybridized carbons (Fsp3) is 0.192. The van der Waals surface area contributed by atoms with Crippen LogP contribution >= 0.6 is 0 Å². The van der Waals surface area contributed by atoms with Crippen LogP contribution in [0.5, 0.6) is 5.75 Å². The molecule has 3 aromatic rings. The van der Waals surface area contributed by atoms with Gasteiger partial charge in [0, 0.05) is 20.1 Å². The zero-order chi connectivity index (χ0) is 23.9. The fourth-order valence-electron chi connectivity index (χ4n) is 3.50. The van der Waals surface area contributed by atoms with Crippen LogP contribution in [-0.4, -0.2) is 52.3 Å². The molecule has 174 valence electrons. The summed E-state index contributed by atoms with van der Waals surface area (Å²) in [6, 6.07) is 18.2.